The van der Waals surface area contributed by atoms with E-state index in [2.05, 4.69) is 0 Å². The number of hydrogen-bond donors (Lipinski definition) is 1. The van der Waals surface area contributed by atoms with Gasteiger partial charge < -0.3 is 5.11 Å². The normalized spacial score (nSPS) is 20.6. The first-order valence-electron chi connectivity index (χ1n) is 5.61. The Labute approximate surface area is 106 Å². The SMILES string of the molecule is CC1(C)C(=O)N(c2ccc(CCO)cc2)S1(=O)=O. The molecule has 18 heavy (non-hydrogen) atoms. The summed E-state index contributed by atoms with van der Waals surface area (Å²) >= 11 is 0. The average molecular weight is 269 g/mol. The molecule has 6 heteroatoms. The van der Waals surface area contributed by atoms with Crippen molar-refractivity contribution >= 4 is 21.6 Å². The van der Waals surface area contributed by atoms with Crippen LogP contribution in [0.1, 0.15) is 19.4 Å². The number of rotatable bonds is 3. The second-order valence-corrected chi connectivity index (χ2v) is 7.06. The highest BCUT2D eigenvalue weighted by Crippen LogP contribution is 2.38. The Balaban J connectivity index is 2.32. The fourth-order valence-corrected chi connectivity index (χ4v) is 3.32. The molecule has 0 atom stereocenters. The molecule has 1 aliphatic heterocycles. The number of aliphatic hydroxyl groups is 1. The molecule has 5 nitrogen and oxygen atoms in total. The van der Waals surface area contributed by atoms with Crippen LogP contribution in [-0.2, 0) is 21.2 Å². The quantitative estimate of drug-likeness (QED) is 0.875. The molecule has 1 amide bonds. The Morgan fingerprint density at radius 3 is 2.22 bits per heavy atom. The number of sulfonamides is 1. The van der Waals surface area contributed by atoms with Crippen LogP contribution in [0.5, 0.6) is 0 Å². The number of aliphatic hydroxyl groups excluding tert-OH is 1. The topological polar surface area (TPSA) is 74.7 Å². The zero-order chi connectivity index (χ0) is 13.6. The zero-order valence-electron chi connectivity index (χ0n) is 10.3. The van der Waals surface area contributed by atoms with E-state index in [9.17, 15) is 13.2 Å². The second kappa shape index (κ2) is 4.07. The molecule has 1 aromatic carbocycles. The maximum Gasteiger partial charge on any atom is 0.263 e. The predicted octanol–water partition coefficient (Wildman–Crippen LogP) is 0.676. The Bertz CT molecular complexity index is 575. The van der Waals surface area contributed by atoms with E-state index in [-0.39, 0.29) is 6.61 Å². The second-order valence-electron chi connectivity index (χ2n) is 4.72. The summed E-state index contributed by atoms with van der Waals surface area (Å²) in [7, 11) is -3.59. The standard InChI is InChI=1S/C12H15NO4S/c1-12(2)11(15)13(18(12,16)17)10-5-3-9(4-6-10)7-8-14/h3-6,14H,7-8H2,1-2H3. The number of anilines is 1. The molecule has 0 spiro atoms. The van der Waals surface area contributed by atoms with Gasteiger partial charge in [-0.3, -0.25) is 4.79 Å². The van der Waals surface area contributed by atoms with Gasteiger partial charge >= 0.3 is 0 Å². The molecule has 2 rings (SSSR count). The molecule has 1 N–H and O–H groups in total. The van der Waals surface area contributed by atoms with E-state index < -0.39 is 20.7 Å². The van der Waals surface area contributed by atoms with Crippen LogP contribution in [0, 0.1) is 0 Å². The van der Waals surface area contributed by atoms with E-state index in [0.29, 0.717) is 12.1 Å². The number of amides is 1. The number of hydrogen-bond acceptors (Lipinski definition) is 4. The van der Waals surface area contributed by atoms with Crippen molar-refractivity contribution < 1.29 is 18.3 Å². The molecule has 1 aliphatic rings. The zero-order valence-corrected chi connectivity index (χ0v) is 11.1. The Hall–Kier alpha value is -1.40. The van der Waals surface area contributed by atoms with Gasteiger partial charge in [0, 0.05) is 6.61 Å². The molecular formula is C12H15NO4S. The lowest BCUT2D eigenvalue weighted by atomic mass is 10.1. The van der Waals surface area contributed by atoms with E-state index in [1.165, 1.54) is 13.8 Å². The smallest absolute Gasteiger partial charge is 0.263 e. The van der Waals surface area contributed by atoms with E-state index in [0.717, 1.165) is 9.87 Å². The highest BCUT2D eigenvalue weighted by molar-refractivity contribution is 7.98. The van der Waals surface area contributed by atoms with Crippen molar-refractivity contribution in [2.24, 2.45) is 0 Å². The number of carbonyl (C=O) groups is 1. The maximum absolute atomic E-state index is 12.0. The minimum atomic E-state index is -3.59. The van der Waals surface area contributed by atoms with Crippen LogP contribution in [-0.4, -0.2) is 30.8 Å². The summed E-state index contributed by atoms with van der Waals surface area (Å²) in [6.07, 6.45) is 0.506. The van der Waals surface area contributed by atoms with Crippen molar-refractivity contribution in [3.8, 4) is 0 Å². The average Bonchev–Trinajstić information content (AvgIpc) is 2.31. The monoisotopic (exact) mass is 269 g/mol. The van der Waals surface area contributed by atoms with Crippen LogP contribution >= 0.6 is 0 Å². The molecule has 0 saturated carbocycles. The fraction of sp³-hybridized carbons (Fsp3) is 0.417. The van der Waals surface area contributed by atoms with E-state index >= 15 is 0 Å². The van der Waals surface area contributed by atoms with Crippen molar-refractivity contribution in [2.45, 2.75) is 25.0 Å². The molecule has 1 heterocycles. The van der Waals surface area contributed by atoms with E-state index in [1.54, 1.807) is 24.3 Å². The van der Waals surface area contributed by atoms with Crippen molar-refractivity contribution in [3.05, 3.63) is 29.8 Å². The molecule has 1 fully saturated rings. The van der Waals surface area contributed by atoms with Gasteiger partial charge in [0.25, 0.3) is 15.9 Å². The highest BCUT2D eigenvalue weighted by atomic mass is 32.2. The van der Waals surface area contributed by atoms with Crippen molar-refractivity contribution in [2.75, 3.05) is 10.9 Å². The molecule has 1 aromatic rings. The molecule has 0 bridgehead atoms. The lowest BCUT2D eigenvalue weighted by Crippen LogP contribution is -2.67. The molecule has 98 valence electrons. The van der Waals surface area contributed by atoms with Crippen LogP contribution in [0.2, 0.25) is 0 Å². The largest absolute Gasteiger partial charge is 0.396 e. The predicted molar refractivity (Wildman–Crippen MR) is 67.7 cm³/mol. The molecular weight excluding hydrogens is 254 g/mol. The first kappa shape index (κ1) is 13.0. The highest BCUT2D eigenvalue weighted by Gasteiger charge is 2.60. The number of carbonyl (C=O) groups excluding carboxylic acids is 1. The summed E-state index contributed by atoms with van der Waals surface area (Å²) in [6, 6.07) is 6.57. The van der Waals surface area contributed by atoms with Crippen LogP contribution in [0.4, 0.5) is 5.69 Å². The first-order valence-corrected chi connectivity index (χ1v) is 7.05. The van der Waals surface area contributed by atoms with Crippen molar-refractivity contribution in [3.63, 3.8) is 0 Å². The van der Waals surface area contributed by atoms with Gasteiger partial charge in [-0.25, -0.2) is 12.7 Å². The third-order valence-electron chi connectivity index (χ3n) is 3.16. The van der Waals surface area contributed by atoms with E-state index in [1.807, 2.05) is 0 Å². The summed E-state index contributed by atoms with van der Waals surface area (Å²) in [4.78, 5) is 11.8. The summed E-state index contributed by atoms with van der Waals surface area (Å²) in [5.41, 5.74) is 1.24. The minimum Gasteiger partial charge on any atom is -0.396 e. The van der Waals surface area contributed by atoms with Gasteiger partial charge in [-0.1, -0.05) is 12.1 Å². The van der Waals surface area contributed by atoms with Gasteiger partial charge in [0.05, 0.1) is 5.69 Å². The molecule has 1 saturated heterocycles. The van der Waals surface area contributed by atoms with Crippen LogP contribution in [0.3, 0.4) is 0 Å². The van der Waals surface area contributed by atoms with Gasteiger partial charge in [-0.2, -0.15) is 0 Å². The van der Waals surface area contributed by atoms with Gasteiger partial charge in [-0.15, -0.1) is 0 Å². The summed E-state index contributed by atoms with van der Waals surface area (Å²) in [5, 5.41) is 8.79. The molecule has 0 aliphatic carbocycles. The van der Waals surface area contributed by atoms with Gasteiger partial charge in [0.1, 0.15) is 0 Å². The number of nitrogens with zero attached hydrogens (tertiary/aromatic N) is 1. The van der Waals surface area contributed by atoms with Crippen LogP contribution in [0.15, 0.2) is 24.3 Å². The maximum atomic E-state index is 12.0. The van der Waals surface area contributed by atoms with Gasteiger partial charge in [-0.05, 0) is 38.0 Å². The van der Waals surface area contributed by atoms with Gasteiger partial charge in [0.15, 0.2) is 4.75 Å². The molecule has 0 radical (unpaired) electrons. The van der Waals surface area contributed by atoms with Gasteiger partial charge in [0.2, 0.25) is 0 Å². The third-order valence-corrected chi connectivity index (χ3v) is 5.48. The first-order chi connectivity index (χ1) is 8.32. The number of benzene rings is 1. The Kier molecular flexibility index (Phi) is 2.95. The lowest BCUT2D eigenvalue weighted by molar-refractivity contribution is -0.120. The third kappa shape index (κ3) is 1.64. The van der Waals surface area contributed by atoms with Crippen LogP contribution in [0.25, 0.3) is 0 Å². The Morgan fingerprint density at radius 1 is 1.22 bits per heavy atom. The summed E-state index contributed by atoms with van der Waals surface area (Å²) < 4.78 is 23.4. The molecule has 0 unspecified atom stereocenters. The minimum absolute atomic E-state index is 0.0350. The van der Waals surface area contributed by atoms with E-state index in [4.69, 9.17) is 5.11 Å². The van der Waals surface area contributed by atoms with Crippen LogP contribution < -0.4 is 4.31 Å². The summed E-state index contributed by atoms with van der Waals surface area (Å²) in [5.74, 6) is -0.419. The lowest BCUT2D eigenvalue weighted by Gasteiger charge is -2.42. The Morgan fingerprint density at radius 2 is 1.78 bits per heavy atom. The molecule has 0 aromatic heterocycles. The summed E-state index contributed by atoms with van der Waals surface area (Å²) in [6.45, 7) is 2.84. The fourth-order valence-electron chi connectivity index (χ4n) is 1.84. The van der Waals surface area contributed by atoms with Crippen molar-refractivity contribution in [1.82, 2.24) is 0 Å². The van der Waals surface area contributed by atoms with Crippen molar-refractivity contribution in [1.29, 1.82) is 0 Å².